The SMILES string of the molecule is C\C=C(/C=C(C)/C=C(C)/C=C/C=C(\C)C(=O)[C@@]1(O)C(=O)N[C@@]2(CCO)O[C@@H]12)C(=O)OC. The van der Waals surface area contributed by atoms with E-state index in [0.717, 1.165) is 11.1 Å². The predicted molar refractivity (Wildman–Crippen MR) is 114 cm³/mol. The molecule has 0 aromatic rings. The molecule has 3 atom stereocenters. The second-order valence-electron chi connectivity index (χ2n) is 7.63. The van der Waals surface area contributed by atoms with Crippen molar-refractivity contribution in [2.24, 2.45) is 0 Å². The summed E-state index contributed by atoms with van der Waals surface area (Å²) in [5.74, 6) is -1.98. The fraction of sp³-hybridized carbons (Fsp3) is 0.435. The van der Waals surface area contributed by atoms with Crippen LogP contribution >= 0.6 is 0 Å². The number of rotatable bonds is 9. The Morgan fingerprint density at radius 2 is 1.90 bits per heavy atom. The van der Waals surface area contributed by atoms with E-state index >= 15 is 0 Å². The summed E-state index contributed by atoms with van der Waals surface area (Å²) in [6, 6.07) is 0. The third kappa shape index (κ3) is 4.92. The van der Waals surface area contributed by atoms with Crippen molar-refractivity contribution in [1.29, 1.82) is 0 Å². The lowest BCUT2D eigenvalue weighted by Gasteiger charge is -2.19. The van der Waals surface area contributed by atoms with Crippen LogP contribution in [0.2, 0.25) is 0 Å². The number of esters is 1. The van der Waals surface area contributed by atoms with E-state index in [1.165, 1.54) is 20.1 Å². The van der Waals surface area contributed by atoms with Gasteiger partial charge in [0, 0.05) is 13.0 Å². The molecule has 0 spiro atoms. The van der Waals surface area contributed by atoms with Gasteiger partial charge in [0.05, 0.1) is 12.7 Å². The number of hydrogen-bond donors (Lipinski definition) is 3. The van der Waals surface area contributed by atoms with Gasteiger partial charge in [0.2, 0.25) is 11.4 Å². The number of hydrogen-bond acceptors (Lipinski definition) is 7. The predicted octanol–water partition coefficient (Wildman–Crippen LogP) is 1.41. The number of carbonyl (C=O) groups excluding carboxylic acids is 3. The molecule has 2 fully saturated rings. The number of epoxide rings is 1. The minimum absolute atomic E-state index is 0.101. The van der Waals surface area contributed by atoms with Gasteiger partial charge < -0.3 is 25.0 Å². The number of aliphatic hydroxyl groups excluding tert-OH is 1. The number of ketones is 1. The second-order valence-corrected chi connectivity index (χ2v) is 7.63. The molecule has 0 unspecified atom stereocenters. The van der Waals surface area contributed by atoms with E-state index in [0.29, 0.717) is 5.57 Å². The zero-order chi connectivity index (χ0) is 23.4. The van der Waals surface area contributed by atoms with E-state index < -0.39 is 35.1 Å². The molecular formula is C23H29NO7. The first-order chi connectivity index (χ1) is 14.5. The number of aliphatic hydroxyl groups is 2. The number of fused-ring (bicyclic) bond motifs is 1. The van der Waals surface area contributed by atoms with E-state index in [1.807, 2.05) is 19.9 Å². The number of amides is 1. The second kappa shape index (κ2) is 9.55. The molecule has 0 aromatic carbocycles. The molecule has 3 N–H and O–H groups in total. The van der Waals surface area contributed by atoms with Crippen LogP contribution in [0.1, 0.15) is 34.1 Å². The molecule has 8 nitrogen and oxygen atoms in total. The van der Waals surface area contributed by atoms with Crippen molar-refractivity contribution < 1.29 is 34.1 Å². The smallest absolute Gasteiger partial charge is 0.337 e. The highest BCUT2D eigenvalue weighted by molar-refractivity contribution is 6.19. The number of nitrogens with one attached hydrogen (secondary N) is 1. The fourth-order valence-electron chi connectivity index (χ4n) is 3.53. The van der Waals surface area contributed by atoms with E-state index in [2.05, 4.69) is 5.32 Å². The Morgan fingerprint density at radius 3 is 2.48 bits per heavy atom. The van der Waals surface area contributed by atoms with Crippen LogP contribution in [0.15, 0.2) is 58.7 Å². The first kappa shape index (κ1) is 24.5. The van der Waals surface area contributed by atoms with Crippen molar-refractivity contribution in [2.45, 2.75) is 51.5 Å². The lowest BCUT2D eigenvalue weighted by Crippen LogP contribution is -2.51. The minimum atomic E-state index is -2.30. The average molecular weight is 431 g/mol. The van der Waals surface area contributed by atoms with Crippen molar-refractivity contribution in [2.75, 3.05) is 13.7 Å². The van der Waals surface area contributed by atoms with Crippen LogP contribution < -0.4 is 5.32 Å². The Kier molecular flexibility index (Phi) is 7.54. The number of ether oxygens (including phenoxy) is 2. The van der Waals surface area contributed by atoms with Crippen molar-refractivity contribution in [3.8, 4) is 0 Å². The molecular weight excluding hydrogens is 402 g/mol. The maximum atomic E-state index is 12.7. The standard InChI is InChI=1S/C23H29NO7/c1-6-17(19(27)30-5)13-15(3)12-14(2)8-7-9-16(4)18(26)23(29)20-22(31-20,10-11-25)24-21(23)28/h6-9,12-13,20,25,29H,10-11H2,1-5H3,(H,24,28)/b8-7+,14-12+,15-13+,16-9+,17-6+/t20-,22+,23+/m1/s1. The summed E-state index contributed by atoms with van der Waals surface area (Å²) in [6.07, 6.45) is 9.20. The van der Waals surface area contributed by atoms with Gasteiger partial charge in [-0.1, -0.05) is 41.5 Å². The Bertz CT molecular complexity index is 924. The third-order valence-electron chi connectivity index (χ3n) is 5.21. The van der Waals surface area contributed by atoms with Crippen LogP contribution in [0.25, 0.3) is 0 Å². The Morgan fingerprint density at radius 1 is 1.23 bits per heavy atom. The monoisotopic (exact) mass is 431 g/mol. The normalized spacial score (nSPS) is 29.1. The quantitative estimate of drug-likeness (QED) is 0.166. The van der Waals surface area contributed by atoms with Crippen molar-refractivity contribution in [3.63, 3.8) is 0 Å². The largest absolute Gasteiger partial charge is 0.465 e. The molecule has 2 saturated heterocycles. The highest BCUT2D eigenvalue weighted by atomic mass is 16.7. The highest BCUT2D eigenvalue weighted by Crippen LogP contribution is 2.50. The van der Waals surface area contributed by atoms with Gasteiger partial charge in [-0.2, -0.15) is 0 Å². The molecule has 8 heteroatoms. The molecule has 0 radical (unpaired) electrons. The molecule has 0 saturated carbocycles. The topological polar surface area (TPSA) is 125 Å². The molecule has 31 heavy (non-hydrogen) atoms. The van der Waals surface area contributed by atoms with Gasteiger partial charge in [-0.25, -0.2) is 4.79 Å². The van der Waals surface area contributed by atoms with Crippen LogP contribution in [-0.4, -0.2) is 59.0 Å². The maximum absolute atomic E-state index is 12.7. The van der Waals surface area contributed by atoms with Crippen molar-refractivity contribution in [1.82, 2.24) is 5.32 Å². The number of carbonyl (C=O) groups is 3. The highest BCUT2D eigenvalue weighted by Gasteiger charge is 2.78. The Labute approximate surface area is 181 Å². The summed E-state index contributed by atoms with van der Waals surface area (Å²) in [7, 11) is 1.32. The van der Waals surface area contributed by atoms with E-state index in [9.17, 15) is 19.5 Å². The Balaban J connectivity index is 2.09. The van der Waals surface area contributed by atoms with Crippen molar-refractivity contribution >= 4 is 17.7 Å². The van der Waals surface area contributed by atoms with Gasteiger partial charge in [-0.05, 0) is 39.3 Å². The van der Waals surface area contributed by atoms with Gasteiger partial charge in [0.1, 0.15) is 0 Å². The van der Waals surface area contributed by atoms with E-state index in [1.54, 1.807) is 31.2 Å². The van der Waals surface area contributed by atoms with Gasteiger partial charge in [-0.3, -0.25) is 9.59 Å². The van der Waals surface area contributed by atoms with Crippen LogP contribution in [0.4, 0.5) is 0 Å². The van der Waals surface area contributed by atoms with Crippen LogP contribution in [0, 0.1) is 0 Å². The molecule has 2 rings (SSSR count). The molecule has 2 heterocycles. The lowest BCUT2D eigenvalue weighted by molar-refractivity contribution is -0.151. The summed E-state index contributed by atoms with van der Waals surface area (Å²) in [5, 5.41) is 22.3. The lowest BCUT2D eigenvalue weighted by atomic mass is 9.89. The molecule has 0 aromatic heterocycles. The first-order valence-corrected chi connectivity index (χ1v) is 9.90. The zero-order valence-corrected chi connectivity index (χ0v) is 18.4. The third-order valence-corrected chi connectivity index (χ3v) is 5.21. The van der Waals surface area contributed by atoms with Gasteiger partial charge in [-0.15, -0.1) is 0 Å². The molecule has 168 valence electrons. The van der Waals surface area contributed by atoms with Crippen molar-refractivity contribution in [3.05, 3.63) is 58.7 Å². The maximum Gasteiger partial charge on any atom is 0.337 e. The van der Waals surface area contributed by atoms with Gasteiger partial charge in [0.25, 0.3) is 5.91 Å². The zero-order valence-electron chi connectivity index (χ0n) is 18.4. The number of Topliss-reactive ketones (excluding diaryl/α,β-unsaturated/α-hetero) is 1. The summed E-state index contributed by atoms with van der Waals surface area (Å²) < 4.78 is 10.0. The molecule has 2 aliphatic heterocycles. The van der Waals surface area contributed by atoms with Crippen LogP contribution in [0.3, 0.4) is 0 Å². The first-order valence-electron chi connectivity index (χ1n) is 9.90. The average Bonchev–Trinajstić information content (AvgIpc) is 3.38. The summed E-state index contributed by atoms with van der Waals surface area (Å²) in [5.41, 5.74) is -1.14. The Hall–Kier alpha value is -2.81. The van der Waals surface area contributed by atoms with Crippen LogP contribution in [-0.2, 0) is 23.9 Å². The minimum Gasteiger partial charge on any atom is -0.465 e. The van der Waals surface area contributed by atoms with Gasteiger partial charge >= 0.3 is 5.97 Å². The number of methoxy groups -OCH3 is 1. The van der Waals surface area contributed by atoms with E-state index in [-0.39, 0.29) is 18.6 Å². The number of allylic oxidation sites excluding steroid dienone is 7. The summed E-state index contributed by atoms with van der Waals surface area (Å²) in [4.78, 5) is 36.6. The summed E-state index contributed by atoms with van der Waals surface area (Å²) >= 11 is 0. The summed E-state index contributed by atoms with van der Waals surface area (Å²) in [6.45, 7) is 6.71. The van der Waals surface area contributed by atoms with Crippen LogP contribution in [0.5, 0.6) is 0 Å². The molecule has 0 bridgehead atoms. The molecule has 2 aliphatic rings. The van der Waals surface area contributed by atoms with Gasteiger partial charge in [0.15, 0.2) is 11.8 Å². The fourth-order valence-corrected chi connectivity index (χ4v) is 3.53. The molecule has 1 amide bonds. The molecule has 0 aliphatic carbocycles. The van der Waals surface area contributed by atoms with E-state index in [4.69, 9.17) is 14.6 Å².